The summed E-state index contributed by atoms with van der Waals surface area (Å²) < 4.78 is 0. The Bertz CT molecular complexity index is 724. The first-order valence-corrected chi connectivity index (χ1v) is 7.17. The van der Waals surface area contributed by atoms with Crippen molar-refractivity contribution in [1.82, 2.24) is 0 Å². The van der Waals surface area contributed by atoms with Gasteiger partial charge < -0.3 is 10.6 Å². The second-order valence-corrected chi connectivity index (χ2v) is 5.64. The van der Waals surface area contributed by atoms with Crippen molar-refractivity contribution < 1.29 is 4.92 Å². The van der Waals surface area contributed by atoms with Gasteiger partial charge in [0.1, 0.15) is 5.69 Å². The van der Waals surface area contributed by atoms with Gasteiger partial charge >= 0.3 is 0 Å². The Hall–Kier alpha value is -2.47. The molecule has 2 N–H and O–H groups in total. The molecule has 0 amide bonds. The van der Waals surface area contributed by atoms with E-state index in [1.165, 1.54) is 6.07 Å². The molecular formula is C16H17N3O2S. The summed E-state index contributed by atoms with van der Waals surface area (Å²) >= 11 is 5.24. The number of nitro benzene ring substituents is 1. The molecule has 2 aromatic carbocycles. The van der Waals surface area contributed by atoms with E-state index in [2.05, 4.69) is 16.7 Å². The predicted octanol–water partition coefficient (Wildman–Crippen LogP) is 4.33. The molecule has 0 unspecified atom stereocenters. The second-order valence-electron chi connectivity index (χ2n) is 5.23. The summed E-state index contributed by atoms with van der Waals surface area (Å²) in [5.41, 5.74) is 4.29. The summed E-state index contributed by atoms with van der Waals surface area (Å²) in [5.74, 6) is 0. The van der Waals surface area contributed by atoms with E-state index in [0.29, 0.717) is 10.8 Å². The molecular weight excluding hydrogens is 298 g/mol. The molecule has 5 nitrogen and oxygen atoms in total. The maximum absolute atomic E-state index is 11.1. The SMILES string of the molecule is Cc1cc(C)cc(NC(=S)Nc2ccc(C)cc2[N+](=O)[O-])c1. The second kappa shape index (κ2) is 6.53. The van der Waals surface area contributed by atoms with Gasteiger partial charge in [0.25, 0.3) is 5.69 Å². The van der Waals surface area contributed by atoms with E-state index in [9.17, 15) is 10.1 Å². The van der Waals surface area contributed by atoms with Crippen LogP contribution in [0, 0.1) is 30.9 Å². The van der Waals surface area contributed by atoms with Crippen LogP contribution in [0.1, 0.15) is 16.7 Å². The number of nitrogens with one attached hydrogen (secondary N) is 2. The molecule has 0 radical (unpaired) electrons. The molecule has 0 saturated heterocycles. The van der Waals surface area contributed by atoms with Gasteiger partial charge in [-0.15, -0.1) is 0 Å². The Labute approximate surface area is 134 Å². The summed E-state index contributed by atoms with van der Waals surface area (Å²) in [6, 6.07) is 11.0. The normalized spacial score (nSPS) is 10.1. The molecule has 2 rings (SSSR count). The first-order chi connectivity index (χ1) is 10.3. The van der Waals surface area contributed by atoms with Crippen molar-refractivity contribution in [3.05, 3.63) is 63.2 Å². The molecule has 22 heavy (non-hydrogen) atoms. The van der Waals surface area contributed by atoms with Crippen LogP contribution in [0.25, 0.3) is 0 Å². The summed E-state index contributed by atoms with van der Waals surface area (Å²) in [7, 11) is 0. The Morgan fingerprint density at radius 1 is 1.00 bits per heavy atom. The largest absolute Gasteiger partial charge is 0.332 e. The highest BCUT2D eigenvalue weighted by Gasteiger charge is 2.14. The number of rotatable bonds is 3. The number of thiocarbonyl (C=S) groups is 1. The number of anilines is 2. The zero-order valence-electron chi connectivity index (χ0n) is 12.6. The van der Waals surface area contributed by atoms with Crippen LogP contribution in [0.5, 0.6) is 0 Å². The Balaban J connectivity index is 2.17. The molecule has 0 saturated carbocycles. The topological polar surface area (TPSA) is 67.2 Å². The highest BCUT2D eigenvalue weighted by atomic mass is 32.1. The average Bonchev–Trinajstić information content (AvgIpc) is 2.39. The van der Waals surface area contributed by atoms with Gasteiger partial charge in [0, 0.05) is 11.8 Å². The van der Waals surface area contributed by atoms with Crippen LogP contribution in [0.4, 0.5) is 17.1 Å². The quantitative estimate of drug-likeness (QED) is 0.501. The fourth-order valence-electron chi connectivity index (χ4n) is 2.23. The summed E-state index contributed by atoms with van der Waals surface area (Å²) in [5, 5.41) is 17.4. The smallest absolute Gasteiger partial charge is 0.292 e. The standard InChI is InChI=1S/C16H17N3O2S/c1-10-4-5-14(15(9-10)19(20)21)18-16(22)17-13-7-11(2)6-12(3)8-13/h4-9H,1-3H3,(H2,17,18,22). The van der Waals surface area contributed by atoms with Gasteiger partial charge in [-0.1, -0.05) is 12.1 Å². The van der Waals surface area contributed by atoms with Crippen molar-refractivity contribution in [2.45, 2.75) is 20.8 Å². The fourth-order valence-corrected chi connectivity index (χ4v) is 2.46. The Kier molecular flexibility index (Phi) is 4.72. The first kappa shape index (κ1) is 15.9. The third-order valence-electron chi connectivity index (χ3n) is 3.08. The van der Waals surface area contributed by atoms with Crippen molar-refractivity contribution in [2.75, 3.05) is 10.6 Å². The Morgan fingerprint density at radius 2 is 1.64 bits per heavy atom. The zero-order valence-corrected chi connectivity index (χ0v) is 13.5. The number of hydrogen-bond acceptors (Lipinski definition) is 3. The van der Waals surface area contributed by atoms with Crippen LogP contribution < -0.4 is 10.6 Å². The molecule has 0 spiro atoms. The molecule has 0 aliphatic carbocycles. The van der Waals surface area contributed by atoms with Crippen LogP contribution in [0.2, 0.25) is 0 Å². The maximum Gasteiger partial charge on any atom is 0.292 e. The minimum atomic E-state index is -0.422. The molecule has 0 atom stereocenters. The average molecular weight is 315 g/mol. The number of nitrogens with zero attached hydrogens (tertiary/aromatic N) is 1. The highest BCUT2D eigenvalue weighted by Crippen LogP contribution is 2.25. The van der Waals surface area contributed by atoms with Gasteiger partial charge in [-0.3, -0.25) is 10.1 Å². The van der Waals surface area contributed by atoms with E-state index in [-0.39, 0.29) is 5.69 Å². The minimum Gasteiger partial charge on any atom is -0.332 e. The van der Waals surface area contributed by atoms with E-state index in [1.54, 1.807) is 12.1 Å². The third kappa shape index (κ3) is 4.02. The molecule has 114 valence electrons. The monoisotopic (exact) mass is 315 g/mol. The summed E-state index contributed by atoms with van der Waals surface area (Å²) in [6.45, 7) is 5.81. The molecule has 0 heterocycles. The van der Waals surface area contributed by atoms with Crippen molar-refractivity contribution in [1.29, 1.82) is 0 Å². The lowest BCUT2D eigenvalue weighted by Gasteiger charge is -2.12. The first-order valence-electron chi connectivity index (χ1n) is 6.76. The number of aryl methyl sites for hydroxylation is 3. The fraction of sp³-hybridized carbons (Fsp3) is 0.188. The molecule has 0 aromatic heterocycles. The maximum atomic E-state index is 11.1. The van der Waals surface area contributed by atoms with Gasteiger partial charge in [0.05, 0.1) is 4.92 Å². The molecule has 2 aromatic rings. The van der Waals surface area contributed by atoms with E-state index in [0.717, 1.165) is 22.4 Å². The Morgan fingerprint density at radius 3 is 2.23 bits per heavy atom. The molecule has 6 heteroatoms. The molecule has 0 fully saturated rings. The lowest BCUT2D eigenvalue weighted by molar-refractivity contribution is -0.383. The van der Waals surface area contributed by atoms with Gasteiger partial charge in [-0.05, 0) is 67.9 Å². The third-order valence-corrected chi connectivity index (χ3v) is 3.28. The zero-order chi connectivity index (χ0) is 16.3. The van der Waals surface area contributed by atoms with Crippen LogP contribution in [0.15, 0.2) is 36.4 Å². The predicted molar refractivity (Wildman–Crippen MR) is 93.6 cm³/mol. The molecule has 0 bridgehead atoms. The number of benzene rings is 2. The lowest BCUT2D eigenvalue weighted by atomic mass is 10.1. The highest BCUT2D eigenvalue weighted by molar-refractivity contribution is 7.80. The van der Waals surface area contributed by atoms with Crippen molar-refractivity contribution in [3.63, 3.8) is 0 Å². The van der Waals surface area contributed by atoms with E-state index in [1.807, 2.05) is 32.9 Å². The van der Waals surface area contributed by atoms with Crippen LogP contribution in [0.3, 0.4) is 0 Å². The van der Waals surface area contributed by atoms with E-state index >= 15 is 0 Å². The number of nitro groups is 1. The molecule has 0 aliphatic rings. The van der Waals surface area contributed by atoms with E-state index in [4.69, 9.17) is 12.2 Å². The van der Waals surface area contributed by atoms with Gasteiger partial charge in [-0.2, -0.15) is 0 Å². The van der Waals surface area contributed by atoms with Gasteiger partial charge in [0.2, 0.25) is 0 Å². The number of hydrogen-bond donors (Lipinski definition) is 2. The van der Waals surface area contributed by atoms with Gasteiger partial charge in [-0.25, -0.2) is 0 Å². The van der Waals surface area contributed by atoms with Crippen LogP contribution in [-0.4, -0.2) is 10.0 Å². The van der Waals surface area contributed by atoms with Crippen LogP contribution in [-0.2, 0) is 0 Å². The summed E-state index contributed by atoms with van der Waals surface area (Å²) in [6.07, 6.45) is 0. The van der Waals surface area contributed by atoms with E-state index < -0.39 is 4.92 Å². The molecule has 0 aliphatic heterocycles. The van der Waals surface area contributed by atoms with Crippen molar-refractivity contribution >= 4 is 34.4 Å². The van der Waals surface area contributed by atoms with Crippen molar-refractivity contribution in [3.8, 4) is 0 Å². The van der Waals surface area contributed by atoms with Gasteiger partial charge in [0.15, 0.2) is 5.11 Å². The lowest BCUT2D eigenvalue weighted by Crippen LogP contribution is -2.19. The minimum absolute atomic E-state index is 0.00423. The summed E-state index contributed by atoms with van der Waals surface area (Å²) in [4.78, 5) is 10.7. The van der Waals surface area contributed by atoms with Crippen LogP contribution >= 0.6 is 12.2 Å². The van der Waals surface area contributed by atoms with Crippen molar-refractivity contribution in [2.24, 2.45) is 0 Å².